The first kappa shape index (κ1) is 17.7. The summed E-state index contributed by atoms with van der Waals surface area (Å²) in [4.78, 5) is 23.9. The summed E-state index contributed by atoms with van der Waals surface area (Å²) in [7, 11) is 0. The Balaban J connectivity index is 3.03. The number of carbonyl (C=O) groups is 2. The molecule has 1 aliphatic rings. The van der Waals surface area contributed by atoms with Gasteiger partial charge < -0.3 is 0 Å². The number of alkyl halides is 6. The van der Waals surface area contributed by atoms with E-state index >= 15 is 0 Å². The fraction of sp³-hybridized carbons (Fsp3) is 0.714. The van der Waals surface area contributed by atoms with Crippen LogP contribution < -0.4 is 0 Å². The third kappa shape index (κ3) is 4.31. The summed E-state index contributed by atoms with van der Waals surface area (Å²) in [6, 6.07) is -1.04. The Morgan fingerprint density at radius 3 is 1.84 bits per heavy atom. The van der Waals surface area contributed by atoms with Crippen LogP contribution in [0.25, 0.3) is 0 Å². The minimum atomic E-state index is -2.89. The number of hydrogen-bond acceptors (Lipinski definition) is 4. The lowest BCUT2D eigenvalue weighted by molar-refractivity contribution is -0.127. The number of imide groups is 1. The second-order valence-electron chi connectivity index (χ2n) is 3.81. The topological polar surface area (TPSA) is 40.6 Å². The highest BCUT2D eigenvalue weighted by Crippen LogP contribution is 2.49. The van der Waals surface area contributed by atoms with Gasteiger partial charge in [-0.2, -0.15) is 13.1 Å². The van der Waals surface area contributed by atoms with E-state index in [1.165, 1.54) is 13.8 Å². The van der Waals surface area contributed by atoms with Crippen molar-refractivity contribution in [2.75, 3.05) is 0 Å². The maximum atomic E-state index is 13.2. The van der Waals surface area contributed by atoms with Gasteiger partial charge in [0, 0.05) is 23.9 Å². The van der Waals surface area contributed by atoms with Crippen LogP contribution in [-0.4, -0.2) is 33.9 Å². The van der Waals surface area contributed by atoms with Gasteiger partial charge in [-0.25, -0.2) is 9.10 Å². The highest BCUT2D eigenvalue weighted by atomic mass is 35.5. The normalized spacial score (nSPS) is 20.4. The molecule has 0 aromatic rings. The van der Waals surface area contributed by atoms with Crippen molar-refractivity contribution in [2.24, 2.45) is 0 Å². The molecule has 0 spiro atoms. The highest BCUT2D eigenvalue weighted by molar-refractivity contribution is 8.03. The Morgan fingerprint density at radius 1 is 1.05 bits per heavy atom. The number of hydrogen-bond donors (Lipinski definition) is 0. The van der Waals surface area contributed by atoms with Crippen molar-refractivity contribution in [2.45, 2.75) is 27.2 Å². The van der Waals surface area contributed by atoms with Crippen molar-refractivity contribution in [1.29, 1.82) is 0 Å². The SMILES string of the molecule is CC1(C)C(=O)N(SC(F)(Cl)Cl)C(=O)N1SC(F)(Cl)Cl. The number of carbonyl (C=O) groups excluding carboxylic acids is 2. The van der Waals surface area contributed by atoms with Gasteiger partial charge in [-0.05, 0) is 13.8 Å². The van der Waals surface area contributed by atoms with E-state index in [9.17, 15) is 18.4 Å². The van der Waals surface area contributed by atoms with Gasteiger partial charge in [0.15, 0.2) is 0 Å². The minimum Gasteiger partial charge on any atom is -0.271 e. The zero-order valence-electron chi connectivity index (χ0n) is 9.30. The van der Waals surface area contributed by atoms with Gasteiger partial charge in [-0.15, -0.1) is 0 Å². The zero-order valence-corrected chi connectivity index (χ0v) is 14.0. The van der Waals surface area contributed by atoms with Crippen LogP contribution in [0.3, 0.4) is 0 Å². The predicted octanol–water partition coefficient (Wildman–Crippen LogP) is 4.44. The van der Waals surface area contributed by atoms with E-state index in [1.54, 1.807) is 0 Å². The van der Waals surface area contributed by atoms with Crippen LogP contribution >= 0.6 is 70.3 Å². The largest absolute Gasteiger partial charge is 0.348 e. The van der Waals surface area contributed by atoms with E-state index in [0.29, 0.717) is 8.61 Å². The van der Waals surface area contributed by atoms with Crippen LogP contribution in [0.4, 0.5) is 13.6 Å². The molecule has 1 saturated heterocycles. The molecule has 0 aromatic carbocycles. The molecule has 12 heteroatoms. The Hall–Kier alpha value is 0.660. The molecule has 0 aromatic heterocycles. The summed E-state index contributed by atoms with van der Waals surface area (Å²) in [5.74, 6) is -0.837. The van der Waals surface area contributed by atoms with E-state index in [-0.39, 0.29) is 23.9 Å². The van der Waals surface area contributed by atoms with E-state index in [4.69, 9.17) is 46.4 Å². The average molecular weight is 394 g/mol. The molecule has 19 heavy (non-hydrogen) atoms. The molecule has 0 unspecified atom stereocenters. The van der Waals surface area contributed by atoms with Gasteiger partial charge in [0.25, 0.3) is 5.91 Å². The first-order valence-electron chi connectivity index (χ1n) is 4.46. The van der Waals surface area contributed by atoms with Crippen molar-refractivity contribution in [3.63, 3.8) is 0 Å². The summed E-state index contributed by atoms with van der Waals surface area (Å²) in [5, 5.41) is 0. The summed E-state index contributed by atoms with van der Waals surface area (Å²) >= 11 is 20.5. The molecule has 0 atom stereocenters. The summed E-state index contributed by atoms with van der Waals surface area (Å²) in [5.41, 5.74) is -1.49. The first-order chi connectivity index (χ1) is 8.26. The summed E-state index contributed by atoms with van der Waals surface area (Å²) < 4.78 is 21.6. The fourth-order valence-corrected chi connectivity index (χ4v) is 3.41. The second-order valence-corrected chi connectivity index (χ2v) is 9.40. The Bertz CT molecular complexity index is 413. The molecule has 0 bridgehead atoms. The lowest BCUT2D eigenvalue weighted by atomic mass is 10.1. The number of amides is 3. The molecule has 1 aliphatic heterocycles. The quantitative estimate of drug-likeness (QED) is 0.402. The zero-order chi connectivity index (χ0) is 15.2. The van der Waals surface area contributed by atoms with Gasteiger partial charge in [-0.1, -0.05) is 46.4 Å². The molecular formula is C7H6Cl4F2N2O2S2. The molecule has 0 saturated carbocycles. The van der Waals surface area contributed by atoms with Crippen molar-refractivity contribution >= 4 is 82.2 Å². The minimum absolute atomic E-state index is 0.0526. The maximum absolute atomic E-state index is 13.2. The van der Waals surface area contributed by atoms with E-state index in [1.807, 2.05) is 0 Å². The molecular weight excluding hydrogens is 388 g/mol. The van der Waals surface area contributed by atoms with Crippen LogP contribution in [0.15, 0.2) is 0 Å². The van der Waals surface area contributed by atoms with Crippen LogP contribution in [0, 0.1) is 0 Å². The molecule has 0 N–H and O–H groups in total. The summed E-state index contributed by atoms with van der Waals surface area (Å²) in [6.07, 6.45) is 0. The van der Waals surface area contributed by atoms with Crippen molar-refractivity contribution in [1.82, 2.24) is 8.61 Å². The van der Waals surface area contributed by atoms with E-state index in [2.05, 4.69) is 0 Å². The van der Waals surface area contributed by atoms with E-state index in [0.717, 1.165) is 0 Å². The van der Waals surface area contributed by atoms with Gasteiger partial charge in [0.2, 0.25) is 0 Å². The lowest BCUT2D eigenvalue weighted by Gasteiger charge is -2.27. The third-order valence-electron chi connectivity index (χ3n) is 1.95. The molecule has 110 valence electrons. The van der Waals surface area contributed by atoms with E-state index < -0.39 is 25.3 Å². The predicted molar refractivity (Wildman–Crippen MR) is 74.4 cm³/mol. The smallest absolute Gasteiger partial charge is 0.271 e. The number of nitrogens with zero attached hydrogens (tertiary/aromatic N) is 2. The molecule has 4 nitrogen and oxygen atoms in total. The molecule has 3 amide bonds. The van der Waals surface area contributed by atoms with Crippen LogP contribution in [-0.2, 0) is 4.79 Å². The highest BCUT2D eigenvalue weighted by Gasteiger charge is 2.56. The third-order valence-corrected chi connectivity index (χ3v) is 4.49. The van der Waals surface area contributed by atoms with Gasteiger partial charge >= 0.3 is 13.9 Å². The standard InChI is InChI=1S/C7H6Cl4F2N2O2S2/c1-5(2)3(16)14(18-6(8,9)12)4(17)15(5)19-7(10,11)13/h1-2H3. The average Bonchev–Trinajstić information content (AvgIpc) is 2.29. The molecule has 0 aliphatic carbocycles. The van der Waals surface area contributed by atoms with Gasteiger partial charge in [0.1, 0.15) is 5.54 Å². The maximum Gasteiger partial charge on any atom is 0.348 e. The molecule has 1 rings (SSSR count). The summed E-state index contributed by atoms with van der Waals surface area (Å²) in [6.45, 7) is 2.62. The Kier molecular flexibility index (Phi) is 5.09. The Labute approximate surface area is 136 Å². The van der Waals surface area contributed by atoms with Crippen molar-refractivity contribution in [3.05, 3.63) is 0 Å². The van der Waals surface area contributed by atoms with Crippen LogP contribution in [0.5, 0.6) is 0 Å². The van der Waals surface area contributed by atoms with Gasteiger partial charge in [-0.3, -0.25) is 4.79 Å². The molecule has 1 heterocycles. The van der Waals surface area contributed by atoms with Crippen molar-refractivity contribution in [3.8, 4) is 0 Å². The monoisotopic (exact) mass is 392 g/mol. The fourth-order valence-electron chi connectivity index (χ4n) is 1.18. The Morgan fingerprint density at radius 2 is 1.47 bits per heavy atom. The molecule has 0 radical (unpaired) electrons. The van der Waals surface area contributed by atoms with Crippen LogP contribution in [0.2, 0.25) is 0 Å². The first-order valence-corrected chi connectivity index (χ1v) is 7.52. The second kappa shape index (κ2) is 5.46. The number of rotatable bonds is 4. The van der Waals surface area contributed by atoms with Gasteiger partial charge in [0.05, 0.1) is 0 Å². The van der Waals surface area contributed by atoms with Crippen molar-refractivity contribution < 1.29 is 18.4 Å². The number of halogens is 6. The lowest BCUT2D eigenvalue weighted by Crippen LogP contribution is -2.41. The number of urea groups is 1. The van der Waals surface area contributed by atoms with Crippen LogP contribution in [0.1, 0.15) is 13.8 Å². The molecule has 1 fully saturated rings.